The third-order valence-electron chi connectivity index (χ3n) is 3.67. The van der Waals surface area contributed by atoms with Crippen molar-refractivity contribution in [2.75, 3.05) is 13.2 Å². The van der Waals surface area contributed by atoms with Crippen LogP contribution in [0.1, 0.15) is 6.04 Å². The van der Waals surface area contributed by atoms with E-state index in [0.29, 0.717) is 5.69 Å². The first-order chi connectivity index (χ1) is 10.2. The number of aliphatic hydroxyl groups excluding tert-OH is 3. The van der Waals surface area contributed by atoms with Gasteiger partial charge in [0, 0.05) is 5.56 Å². The number of ether oxygens (including phenoxy) is 1. The van der Waals surface area contributed by atoms with Crippen LogP contribution < -0.4 is 0 Å². The fourth-order valence-corrected chi connectivity index (χ4v) is 2.52. The van der Waals surface area contributed by atoms with E-state index >= 15 is 0 Å². The van der Waals surface area contributed by atoms with Crippen LogP contribution >= 0.6 is 0 Å². The van der Waals surface area contributed by atoms with E-state index in [9.17, 15) is 15.3 Å². The number of rotatable bonds is 3. The number of hydrogen-bond donors (Lipinski definition) is 3. The first kappa shape index (κ1) is 14.2. The lowest BCUT2D eigenvalue weighted by Gasteiger charge is -2.36. The summed E-state index contributed by atoms with van der Waals surface area (Å²) in [6, 6.07) is 8.82. The molecule has 4 unspecified atom stereocenters. The molecule has 3 rings (SSSR count). The van der Waals surface area contributed by atoms with Gasteiger partial charge in [0.2, 0.25) is 0 Å². The van der Waals surface area contributed by atoms with Crippen molar-refractivity contribution in [2.24, 2.45) is 0 Å². The topological polar surface area (TPSA) is 101 Å². The van der Waals surface area contributed by atoms with Crippen LogP contribution in [0.15, 0.2) is 36.5 Å². The van der Waals surface area contributed by atoms with E-state index < -0.39 is 24.4 Å². The summed E-state index contributed by atoms with van der Waals surface area (Å²) in [6.45, 7) is -0.280. The fourth-order valence-electron chi connectivity index (χ4n) is 2.52. The summed E-state index contributed by atoms with van der Waals surface area (Å²) in [7, 11) is 0. The smallest absolute Gasteiger partial charge is 0.113 e. The Kier molecular flexibility index (Phi) is 3.98. The van der Waals surface area contributed by atoms with Gasteiger partial charge in [-0.25, -0.2) is 4.68 Å². The second-order valence-electron chi connectivity index (χ2n) is 5.05. The molecule has 0 radical (unpaired) electrons. The zero-order valence-electron chi connectivity index (χ0n) is 11.3. The van der Waals surface area contributed by atoms with Gasteiger partial charge in [0.15, 0.2) is 0 Å². The van der Waals surface area contributed by atoms with Crippen LogP contribution in [0.2, 0.25) is 0 Å². The summed E-state index contributed by atoms with van der Waals surface area (Å²) in [6.07, 6.45) is -1.02. The van der Waals surface area contributed by atoms with Gasteiger partial charge in [-0.15, -0.1) is 5.10 Å². The van der Waals surface area contributed by atoms with Crippen LogP contribution in [0.25, 0.3) is 11.3 Å². The monoisotopic (exact) mass is 291 g/mol. The summed E-state index contributed by atoms with van der Waals surface area (Å²) in [5.41, 5.74) is 1.56. The van der Waals surface area contributed by atoms with Crippen molar-refractivity contribution in [1.82, 2.24) is 15.0 Å². The molecule has 1 aromatic carbocycles. The molecule has 112 valence electrons. The predicted octanol–water partition coefficient (Wildman–Crippen LogP) is -0.401. The molecule has 0 bridgehead atoms. The van der Waals surface area contributed by atoms with E-state index in [1.165, 1.54) is 4.68 Å². The zero-order chi connectivity index (χ0) is 14.8. The molecule has 2 heterocycles. The predicted molar refractivity (Wildman–Crippen MR) is 73.3 cm³/mol. The normalized spacial score (nSPS) is 29.5. The number of benzene rings is 1. The third kappa shape index (κ3) is 2.68. The van der Waals surface area contributed by atoms with Crippen molar-refractivity contribution >= 4 is 0 Å². The van der Waals surface area contributed by atoms with E-state index in [2.05, 4.69) is 10.3 Å². The molecule has 1 aliphatic heterocycles. The van der Waals surface area contributed by atoms with Crippen LogP contribution in [0, 0.1) is 0 Å². The second-order valence-corrected chi connectivity index (χ2v) is 5.05. The molecule has 1 fully saturated rings. The minimum Gasteiger partial charge on any atom is -0.394 e. The molecule has 21 heavy (non-hydrogen) atoms. The molecule has 1 aromatic heterocycles. The lowest BCUT2D eigenvalue weighted by atomic mass is 9.97. The highest BCUT2D eigenvalue weighted by molar-refractivity contribution is 5.57. The molecular formula is C14H17N3O4. The van der Waals surface area contributed by atoms with Gasteiger partial charge in [-0.2, -0.15) is 0 Å². The Bertz CT molecular complexity index is 589. The average molecular weight is 291 g/mol. The number of aromatic nitrogens is 3. The first-order valence-electron chi connectivity index (χ1n) is 6.76. The maximum atomic E-state index is 10.2. The maximum Gasteiger partial charge on any atom is 0.113 e. The first-order valence-corrected chi connectivity index (χ1v) is 6.76. The van der Waals surface area contributed by atoms with Gasteiger partial charge in [0.1, 0.15) is 30.0 Å². The van der Waals surface area contributed by atoms with Gasteiger partial charge in [0.25, 0.3) is 0 Å². The van der Waals surface area contributed by atoms with Crippen molar-refractivity contribution < 1.29 is 20.1 Å². The Morgan fingerprint density at radius 1 is 1.24 bits per heavy atom. The Balaban J connectivity index is 1.88. The molecule has 0 spiro atoms. The largest absolute Gasteiger partial charge is 0.394 e. The SMILES string of the molecule is OCC1OCC(O)C(n2cc(-c3ccccc3)nn2)C1O. The maximum absolute atomic E-state index is 10.2. The highest BCUT2D eigenvalue weighted by Gasteiger charge is 2.40. The minimum absolute atomic E-state index is 0.0352. The second kappa shape index (κ2) is 5.90. The van der Waals surface area contributed by atoms with Crippen molar-refractivity contribution in [3.05, 3.63) is 36.5 Å². The molecule has 0 aliphatic carbocycles. The zero-order valence-corrected chi connectivity index (χ0v) is 11.3. The van der Waals surface area contributed by atoms with E-state index in [-0.39, 0.29) is 13.2 Å². The van der Waals surface area contributed by atoms with Crippen LogP contribution in [0.4, 0.5) is 0 Å². The van der Waals surface area contributed by atoms with Crippen molar-refractivity contribution in [3.63, 3.8) is 0 Å². The quantitative estimate of drug-likeness (QED) is 0.711. The summed E-state index contributed by atoms with van der Waals surface area (Å²) in [5.74, 6) is 0. The minimum atomic E-state index is -1.05. The van der Waals surface area contributed by atoms with Gasteiger partial charge < -0.3 is 20.1 Å². The van der Waals surface area contributed by atoms with Gasteiger partial charge in [-0.05, 0) is 0 Å². The van der Waals surface area contributed by atoms with Crippen LogP contribution in [0.5, 0.6) is 0 Å². The summed E-state index contributed by atoms with van der Waals surface area (Å²) >= 11 is 0. The lowest BCUT2D eigenvalue weighted by Crippen LogP contribution is -2.51. The average Bonchev–Trinajstić information content (AvgIpc) is 2.98. The van der Waals surface area contributed by atoms with E-state index in [4.69, 9.17) is 4.74 Å². The standard InChI is InChI=1S/C14H17N3O4/c18-7-12-14(20)13(11(19)8-21-12)17-6-10(15-16-17)9-4-2-1-3-5-9/h1-6,11-14,18-20H,7-8H2. The number of nitrogens with zero attached hydrogens (tertiary/aromatic N) is 3. The molecule has 7 heteroatoms. The molecule has 1 saturated heterocycles. The number of hydrogen-bond acceptors (Lipinski definition) is 6. The van der Waals surface area contributed by atoms with Gasteiger partial charge >= 0.3 is 0 Å². The van der Waals surface area contributed by atoms with Gasteiger partial charge in [-0.1, -0.05) is 35.5 Å². The van der Waals surface area contributed by atoms with E-state index in [0.717, 1.165) is 5.56 Å². The highest BCUT2D eigenvalue weighted by Crippen LogP contribution is 2.27. The third-order valence-corrected chi connectivity index (χ3v) is 3.67. The molecule has 0 saturated carbocycles. The van der Waals surface area contributed by atoms with Crippen molar-refractivity contribution in [3.8, 4) is 11.3 Å². The highest BCUT2D eigenvalue weighted by atomic mass is 16.5. The van der Waals surface area contributed by atoms with E-state index in [1.54, 1.807) is 6.20 Å². The van der Waals surface area contributed by atoms with Crippen LogP contribution in [-0.4, -0.2) is 61.8 Å². The molecule has 0 amide bonds. The summed E-state index contributed by atoms with van der Waals surface area (Å²) in [5, 5.41) is 37.5. The van der Waals surface area contributed by atoms with Gasteiger partial charge in [-0.3, -0.25) is 0 Å². The van der Waals surface area contributed by atoms with Crippen LogP contribution in [-0.2, 0) is 4.74 Å². The van der Waals surface area contributed by atoms with E-state index in [1.807, 2.05) is 30.3 Å². The van der Waals surface area contributed by atoms with Crippen LogP contribution in [0.3, 0.4) is 0 Å². The fraction of sp³-hybridized carbons (Fsp3) is 0.429. The molecule has 7 nitrogen and oxygen atoms in total. The van der Waals surface area contributed by atoms with Crippen molar-refractivity contribution in [1.29, 1.82) is 0 Å². The Hall–Kier alpha value is -1.80. The Morgan fingerprint density at radius 2 is 2.00 bits per heavy atom. The Labute approximate surface area is 121 Å². The molecule has 3 N–H and O–H groups in total. The molecule has 4 atom stereocenters. The summed E-state index contributed by atoms with van der Waals surface area (Å²) < 4.78 is 6.62. The van der Waals surface area contributed by atoms with Gasteiger partial charge in [0.05, 0.1) is 19.4 Å². The lowest BCUT2D eigenvalue weighted by molar-refractivity contribution is -0.166. The molecular weight excluding hydrogens is 274 g/mol. The summed E-state index contributed by atoms with van der Waals surface area (Å²) in [4.78, 5) is 0. The van der Waals surface area contributed by atoms with Crippen molar-refractivity contribution in [2.45, 2.75) is 24.4 Å². The molecule has 1 aliphatic rings. The number of aliphatic hydroxyl groups is 3. The Morgan fingerprint density at radius 3 is 2.71 bits per heavy atom. The molecule has 2 aromatic rings.